The van der Waals surface area contributed by atoms with Crippen LogP contribution in [-0.4, -0.2) is 12.1 Å². The molecule has 1 heterocycles. The zero-order chi connectivity index (χ0) is 13.0. The Morgan fingerprint density at radius 2 is 2.17 bits per heavy atom. The first-order valence-corrected chi connectivity index (χ1v) is 7.41. The predicted molar refractivity (Wildman–Crippen MR) is 79.5 cm³/mol. The molecule has 0 N–H and O–H groups in total. The average molecular weight is 345 g/mol. The molecular formula is C13H11BrClNOS. The minimum Gasteiger partial charge on any atom is -0.497 e. The van der Waals surface area contributed by atoms with Crippen LogP contribution in [0.25, 0.3) is 0 Å². The van der Waals surface area contributed by atoms with Crippen LogP contribution in [0.15, 0.2) is 46.0 Å². The van der Waals surface area contributed by atoms with Crippen molar-refractivity contribution in [2.24, 2.45) is 0 Å². The molecule has 0 saturated heterocycles. The topological polar surface area (TPSA) is 22.1 Å². The Kier molecular flexibility index (Phi) is 4.92. The fraction of sp³-hybridized carbons (Fsp3) is 0.154. The third-order valence-corrected chi connectivity index (χ3v) is 4.32. The van der Waals surface area contributed by atoms with Crippen LogP contribution in [-0.2, 0) is 5.75 Å². The molecule has 0 unspecified atom stereocenters. The second-order valence-corrected chi connectivity index (χ2v) is 5.85. The summed E-state index contributed by atoms with van der Waals surface area (Å²) in [5.74, 6) is 1.68. The van der Waals surface area contributed by atoms with E-state index in [1.54, 1.807) is 25.1 Å². The number of hydrogen-bond acceptors (Lipinski definition) is 3. The molecule has 0 amide bonds. The van der Waals surface area contributed by atoms with Gasteiger partial charge in [-0.15, -0.1) is 11.8 Å². The van der Waals surface area contributed by atoms with Gasteiger partial charge in [-0.1, -0.05) is 27.5 Å². The van der Waals surface area contributed by atoms with E-state index < -0.39 is 0 Å². The average Bonchev–Trinajstić information content (AvgIpc) is 2.40. The zero-order valence-electron chi connectivity index (χ0n) is 9.69. The molecule has 18 heavy (non-hydrogen) atoms. The van der Waals surface area contributed by atoms with E-state index in [4.69, 9.17) is 16.3 Å². The Labute approximate surface area is 124 Å². The minimum atomic E-state index is 0.655. The van der Waals surface area contributed by atoms with E-state index in [1.807, 2.05) is 30.3 Å². The van der Waals surface area contributed by atoms with Crippen molar-refractivity contribution < 1.29 is 4.74 Å². The van der Waals surface area contributed by atoms with Crippen molar-refractivity contribution in [3.05, 3.63) is 51.6 Å². The van der Waals surface area contributed by atoms with Crippen LogP contribution in [0, 0.1) is 0 Å². The van der Waals surface area contributed by atoms with Crippen molar-refractivity contribution in [3.63, 3.8) is 0 Å². The zero-order valence-corrected chi connectivity index (χ0v) is 12.8. The van der Waals surface area contributed by atoms with Gasteiger partial charge >= 0.3 is 0 Å². The molecular weight excluding hydrogens is 334 g/mol. The lowest BCUT2D eigenvalue weighted by atomic mass is 10.2. The van der Waals surface area contributed by atoms with Crippen molar-refractivity contribution in [1.29, 1.82) is 0 Å². The Bertz CT molecular complexity index is 533. The Morgan fingerprint density at radius 3 is 2.83 bits per heavy atom. The summed E-state index contributed by atoms with van der Waals surface area (Å²) < 4.78 is 6.29. The van der Waals surface area contributed by atoms with Gasteiger partial charge < -0.3 is 4.74 Å². The number of hydrogen-bond donors (Lipinski definition) is 0. The van der Waals surface area contributed by atoms with Crippen LogP contribution in [0.2, 0.25) is 5.02 Å². The summed E-state index contributed by atoms with van der Waals surface area (Å²) in [6.07, 6.45) is 1.66. The first-order chi connectivity index (χ1) is 8.69. The summed E-state index contributed by atoms with van der Waals surface area (Å²) in [6.45, 7) is 0. The molecule has 0 bridgehead atoms. The molecule has 0 fully saturated rings. The van der Waals surface area contributed by atoms with Crippen molar-refractivity contribution in [1.82, 2.24) is 4.98 Å². The third kappa shape index (κ3) is 3.64. The van der Waals surface area contributed by atoms with Crippen LogP contribution < -0.4 is 4.74 Å². The number of rotatable bonds is 4. The fourth-order valence-corrected chi connectivity index (χ4v) is 2.91. The Morgan fingerprint density at radius 1 is 1.33 bits per heavy atom. The van der Waals surface area contributed by atoms with Gasteiger partial charge in [0.05, 0.1) is 17.2 Å². The van der Waals surface area contributed by atoms with Gasteiger partial charge in [-0.3, -0.25) is 0 Å². The molecule has 2 rings (SSSR count). The number of ether oxygens (including phenoxy) is 1. The van der Waals surface area contributed by atoms with Gasteiger partial charge in [0.25, 0.3) is 0 Å². The van der Waals surface area contributed by atoms with Crippen LogP contribution in [0.4, 0.5) is 0 Å². The molecule has 2 aromatic rings. The van der Waals surface area contributed by atoms with Crippen molar-refractivity contribution in [2.45, 2.75) is 10.8 Å². The molecule has 1 aromatic heterocycles. The third-order valence-electron chi connectivity index (χ3n) is 2.33. The summed E-state index contributed by atoms with van der Waals surface area (Å²) in [5, 5.41) is 1.61. The minimum absolute atomic E-state index is 0.655. The van der Waals surface area contributed by atoms with Gasteiger partial charge in [0, 0.05) is 16.4 Å². The number of methoxy groups -OCH3 is 1. The normalized spacial score (nSPS) is 10.4. The Balaban J connectivity index is 2.07. The highest BCUT2D eigenvalue weighted by molar-refractivity contribution is 9.10. The maximum absolute atomic E-state index is 5.80. The first kappa shape index (κ1) is 13.7. The lowest BCUT2D eigenvalue weighted by Gasteiger charge is -2.07. The fourth-order valence-electron chi connectivity index (χ4n) is 1.39. The van der Waals surface area contributed by atoms with Gasteiger partial charge in [-0.05, 0) is 35.9 Å². The van der Waals surface area contributed by atoms with Gasteiger partial charge in [0.1, 0.15) is 5.75 Å². The van der Waals surface area contributed by atoms with E-state index in [2.05, 4.69) is 20.9 Å². The van der Waals surface area contributed by atoms with Crippen LogP contribution in [0.5, 0.6) is 5.75 Å². The highest BCUT2D eigenvalue weighted by atomic mass is 79.9. The van der Waals surface area contributed by atoms with Crippen molar-refractivity contribution in [3.8, 4) is 5.75 Å². The molecule has 0 aliphatic rings. The SMILES string of the molecule is COc1ccc(Br)c(CSc2ccc(Cl)cn2)c1. The van der Waals surface area contributed by atoms with Crippen molar-refractivity contribution in [2.75, 3.05) is 7.11 Å². The van der Waals surface area contributed by atoms with Gasteiger partial charge in [0.15, 0.2) is 0 Å². The number of pyridine rings is 1. The summed E-state index contributed by atoms with van der Waals surface area (Å²) in [6, 6.07) is 9.70. The van der Waals surface area contributed by atoms with E-state index >= 15 is 0 Å². The lowest BCUT2D eigenvalue weighted by molar-refractivity contribution is 0.414. The summed E-state index contributed by atoms with van der Waals surface area (Å²) in [4.78, 5) is 4.25. The number of benzene rings is 1. The second kappa shape index (κ2) is 6.45. The number of aromatic nitrogens is 1. The van der Waals surface area contributed by atoms with Crippen LogP contribution in [0.1, 0.15) is 5.56 Å². The van der Waals surface area contributed by atoms with Gasteiger partial charge in [-0.25, -0.2) is 4.98 Å². The predicted octanol–water partition coefficient (Wildman–Crippen LogP) is 4.80. The lowest BCUT2D eigenvalue weighted by Crippen LogP contribution is -1.88. The second-order valence-electron chi connectivity index (χ2n) is 3.56. The van der Waals surface area contributed by atoms with Crippen molar-refractivity contribution >= 4 is 39.3 Å². The molecule has 0 aliphatic carbocycles. The molecule has 0 saturated carbocycles. The summed E-state index contributed by atoms with van der Waals surface area (Å²) in [7, 11) is 1.67. The van der Waals surface area contributed by atoms with E-state index in [1.165, 1.54) is 5.56 Å². The van der Waals surface area contributed by atoms with Gasteiger partial charge in [0.2, 0.25) is 0 Å². The Hall–Kier alpha value is -0.710. The number of halogens is 2. The monoisotopic (exact) mass is 343 g/mol. The van der Waals surface area contributed by atoms with Crippen LogP contribution >= 0.6 is 39.3 Å². The molecule has 1 aromatic carbocycles. The molecule has 0 radical (unpaired) electrons. The van der Waals surface area contributed by atoms with E-state index in [-0.39, 0.29) is 0 Å². The van der Waals surface area contributed by atoms with E-state index in [0.717, 1.165) is 21.0 Å². The smallest absolute Gasteiger partial charge is 0.119 e. The molecule has 0 spiro atoms. The maximum Gasteiger partial charge on any atom is 0.119 e. The first-order valence-electron chi connectivity index (χ1n) is 5.26. The van der Waals surface area contributed by atoms with E-state index in [0.29, 0.717) is 5.02 Å². The quantitative estimate of drug-likeness (QED) is 0.744. The van der Waals surface area contributed by atoms with Gasteiger partial charge in [-0.2, -0.15) is 0 Å². The highest BCUT2D eigenvalue weighted by Gasteiger charge is 2.04. The van der Waals surface area contributed by atoms with E-state index in [9.17, 15) is 0 Å². The molecule has 5 heteroatoms. The summed E-state index contributed by atoms with van der Waals surface area (Å²) in [5.41, 5.74) is 1.18. The summed E-state index contributed by atoms with van der Waals surface area (Å²) >= 11 is 11.0. The number of nitrogens with zero attached hydrogens (tertiary/aromatic N) is 1. The van der Waals surface area contributed by atoms with Crippen LogP contribution in [0.3, 0.4) is 0 Å². The molecule has 94 valence electrons. The maximum atomic E-state index is 5.80. The largest absolute Gasteiger partial charge is 0.497 e. The standard InChI is InChI=1S/C13H11BrClNOS/c1-17-11-3-4-12(14)9(6-11)8-18-13-5-2-10(15)7-16-13/h2-7H,8H2,1H3. The highest BCUT2D eigenvalue weighted by Crippen LogP contribution is 2.29. The number of thioether (sulfide) groups is 1. The molecule has 2 nitrogen and oxygen atoms in total. The molecule has 0 aliphatic heterocycles. The molecule has 0 atom stereocenters.